The van der Waals surface area contributed by atoms with Gasteiger partial charge in [-0.2, -0.15) is 0 Å². The van der Waals surface area contributed by atoms with E-state index in [2.05, 4.69) is 53.4 Å². The Balaban J connectivity index is 1.91. The fraction of sp³-hybridized carbons (Fsp3) is 0.188. The number of pyridine rings is 1. The highest BCUT2D eigenvalue weighted by Crippen LogP contribution is 2.23. The molecule has 0 saturated carbocycles. The van der Waals surface area contributed by atoms with Crippen molar-refractivity contribution in [3.05, 3.63) is 53.9 Å². The summed E-state index contributed by atoms with van der Waals surface area (Å²) < 4.78 is 0. The number of hydrogen-bond donors (Lipinski definition) is 2. The van der Waals surface area contributed by atoms with Crippen molar-refractivity contribution < 1.29 is 0 Å². The summed E-state index contributed by atoms with van der Waals surface area (Å²) in [5, 5.41) is 4.61. The van der Waals surface area contributed by atoms with Crippen LogP contribution in [0.25, 0.3) is 10.9 Å². The number of H-pyrrole nitrogens is 1. The average Bonchev–Trinajstić information content (AvgIpc) is 2.80. The lowest BCUT2D eigenvalue weighted by atomic mass is 10.2. The van der Waals surface area contributed by atoms with E-state index in [1.807, 2.05) is 18.5 Å². The molecule has 96 valence electrons. The number of hydrogen-bond acceptors (Lipinski definition) is 2. The van der Waals surface area contributed by atoms with Crippen LogP contribution in [-0.2, 0) is 6.42 Å². The quantitative estimate of drug-likeness (QED) is 0.733. The Morgan fingerprint density at radius 1 is 1.21 bits per heavy atom. The number of nitrogens with zero attached hydrogens (tertiary/aromatic N) is 1. The lowest BCUT2D eigenvalue weighted by molar-refractivity contribution is 1.12. The molecule has 0 aliphatic heterocycles. The van der Waals surface area contributed by atoms with Crippen molar-refractivity contribution >= 4 is 22.4 Å². The van der Waals surface area contributed by atoms with Crippen LogP contribution < -0.4 is 5.32 Å². The van der Waals surface area contributed by atoms with E-state index in [1.165, 1.54) is 16.5 Å². The molecule has 0 aliphatic carbocycles. The van der Waals surface area contributed by atoms with Gasteiger partial charge in [-0.05, 0) is 48.7 Å². The number of nitrogens with one attached hydrogen (secondary N) is 2. The number of aromatic amines is 1. The zero-order valence-corrected chi connectivity index (χ0v) is 11.2. The standard InChI is InChI=1S/C16H17N3/c1-3-12-6-7-17-16(8-12)19-13-4-5-14-11(2)10-18-15(14)9-13/h4-10,18H,3H2,1-2H3,(H,17,19). The molecule has 0 fully saturated rings. The molecule has 3 aromatic rings. The summed E-state index contributed by atoms with van der Waals surface area (Å²) in [6, 6.07) is 10.5. The van der Waals surface area contributed by atoms with E-state index in [4.69, 9.17) is 0 Å². The Morgan fingerprint density at radius 3 is 2.95 bits per heavy atom. The normalized spacial score (nSPS) is 10.8. The van der Waals surface area contributed by atoms with Gasteiger partial charge < -0.3 is 10.3 Å². The van der Waals surface area contributed by atoms with Crippen LogP contribution in [0.3, 0.4) is 0 Å². The van der Waals surface area contributed by atoms with Crippen molar-refractivity contribution in [2.24, 2.45) is 0 Å². The van der Waals surface area contributed by atoms with Gasteiger partial charge in [-0.15, -0.1) is 0 Å². The summed E-state index contributed by atoms with van der Waals surface area (Å²) in [6.07, 6.45) is 4.90. The fourth-order valence-electron chi connectivity index (χ4n) is 2.26. The van der Waals surface area contributed by atoms with Gasteiger partial charge in [0.25, 0.3) is 0 Å². The minimum absolute atomic E-state index is 0.891. The molecular formula is C16H17N3. The first-order valence-electron chi connectivity index (χ1n) is 6.56. The second-order valence-corrected chi connectivity index (χ2v) is 4.76. The first-order valence-corrected chi connectivity index (χ1v) is 6.56. The Morgan fingerprint density at radius 2 is 2.11 bits per heavy atom. The summed E-state index contributed by atoms with van der Waals surface area (Å²) in [4.78, 5) is 7.62. The molecule has 0 bridgehead atoms. The Hall–Kier alpha value is -2.29. The fourth-order valence-corrected chi connectivity index (χ4v) is 2.26. The minimum Gasteiger partial charge on any atom is -0.361 e. The molecule has 0 spiro atoms. The molecule has 2 N–H and O–H groups in total. The van der Waals surface area contributed by atoms with Gasteiger partial charge in [-0.3, -0.25) is 0 Å². The predicted octanol–water partition coefficient (Wildman–Crippen LogP) is 4.18. The van der Waals surface area contributed by atoms with E-state index in [9.17, 15) is 0 Å². The molecule has 0 atom stereocenters. The molecule has 2 heterocycles. The zero-order valence-electron chi connectivity index (χ0n) is 11.2. The first-order chi connectivity index (χ1) is 9.26. The summed E-state index contributed by atoms with van der Waals surface area (Å²) in [5.74, 6) is 0.891. The zero-order chi connectivity index (χ0) is 13.2. The molecule has 0 amide bonds. The molecule has 3 rings (SSSR count). The maximum atomic E-state index is 4.35. The molecule has 2 aromatic heterocycles. The third kappa shape index (κ3) is 2.32. The Kier molecular flexibility index (Phi) is 2.95. The largest absolute Gasteiger partial charge is 0.361 e. The third-order valence-corrected chi connectivity index (χ3v) is 3.39. The first kappa shape index (κ1) is 11.8. The average molecular weight is 251 g/mol. The number of rotatable bonds is 3. The van der Waals surface area contributed by atoms with Crippen molar-refractivity contribution in [3.63, 3.8) is 0 Å². The van der Waals surface area contributed by atoms with Crippen LogP contribution in [0.2, 0.25) is 0 Å². The molecule has 0 aliphatic rings. The summed E-state index contributed by atoms with van der Waals surface area (Å²) in [7, 11) is 0. The summed E-state index contributed by atoms with van der Waals surface area (Å²) in [5.41, 5.74) is 4.76. The second-order valence-electron chi connectivity index (χ2n) is 4.76. The van der Waals surface area contributed by atoms with E-state index in [0.29, 0.717) is 0 Å². The molecule has 19 heavy (non-hydrogen) atoms. The van der Waals surface area contributed by atoms with Crippen LogP contribution in [0, 0.1) is 6.92 Å². The lowest BCUT2D eigenvalue weighted by Gasteiger charge is -2.07. The maximum Gasteiger partial charge on any atom is 0.130 e. The Bertz CT molecular complexity index is 713. The van der Waals surface area contributed by atoms with E-state index < -0.39 is 0 Å². The number of aromatic nitrogens is 2. The van der Waals surface area contributed by atoms with Gasteiger partial charge in [0.05, 0.1) is 0 Å². The third-order valence-electron chi connectivity index (χ3n) is 3.39. The van der Waals surface area contributed by atoms with E-state index in [-0.39, 0.29) is 0 Å². The molecule has 0 radical (unpaired) electrons. The van der Waals surface area contributed by atoms with Gasteiger partial charge in [-0.25, -0.2) is 4.98 Å². The minimum atomic E-state index is 0.891. The van der Waals surface area contributed by atoms with E-state index >= 15 is 0 Å². The molecule has 3 nitrogen and oxygen atoms in total. The predicted molar refractivity (Wildman–Crippen MR) is 79.9 cm³/mol. The van der Waals surface area contributed by atoms with Crippen LogP contribution in [0.4, 0.5) is 11.5 Å². The topological polar surface area (TPSA) is 40.7 Å². The number of benzene rings is 1. The lowest BCUT2D eigenvalue weighted by Crippen LogP contribution is -1.94. The van der Waals surface area contributed by atoms with Crippen molar-refractivity contribution in [1.29, 1.82) is 0 Å². The molecule has 1 aromatic carbocycles. The summed E-state index contributed by atoms with van der Waals surface area (Å²) in [6.45, 7) is 4.26. The van der Waals surface area contributed by atoms with Gasteiger partial charge >= 0.3 is 0 Å². The summed E-state index contributed by atoms with van der Waals surface area (Å²) >= 11 is 0. The number of fused-ring (bicyclic) bond motifs is 1. The van der Waals surface area contributed by atoms with Crippen LogP contribution in [0.1, 0.15) is 18.1 Å². The van der Waals surface area contributed by atoms with Crippen LogP contribution in [0.5, 0.6) is 0 Å². The monoisotopic (exact) mass is 251 g/mol. The van der Waals surface area contributed by atoms with Gasteiger partial charge in [0.2, 0.25) is 0 Å². The number of anilines is 2. The van der Waals surface area contributed by atoms with Gasteiger partial charge in [0.15, 0.2) is 0 Å². The molecule has 3 heteroatoms. The van der Waals surface area contributed by atoms with E-state index in [1.54, 1.807) is 0 Å². The van der Waals surface area contributed by atoms with Gasteiger partial charge in [0, 0.05) is 29.0 Å². The van der Waals surface area contributed by atoms with Crippen molar-refractivity contribution in [1.82, 2.24) is 9.97 Å². The highest BCUT2D eigenvalue weighted by molar-refractivity contribution is 5.86. The Labute approximate surface area is 112 Å². The highest BCUT2D eigenvalue weighted by Gasteiger charge is 2.02. The number of aryl methyl sites for hydroxylation is 2. The van der Waals surface area contributed by atoms with Crippen LogP contribution in [-0.4, -0.2) is 9.97 Å². The van der Waals surface area contributed by atoms with Gasteiger partial charge in [0.1, 0.15) is 5.82 Å². The van der Waals surface area contributed by atoms with Crippen molar-refractivity contribution in [3.8, 4) is 0 Å². The van der Waals surface area contributed by atoms with E-state index in [0.717, 1.165) is 23.4 Å². The molecule has 0 unspecified atom stereocenters. The SMILES string of the molecule is CCc1ccnc(Nc2ccc3c(C)c[nH]c3c2)c1. The van der Waals surface area contributed by atoms with Gasteiger partial charge in [-0.1, -0.05) is 13.0 Å². The maximum absolute atomic E-state index is 4.35. The second kappa shape index (κ2) is 4.76. The highest BCUT2D eigenvalue weighted by atomic mass is 15.0. The molecule has 0 saturated heterocycles. The van der Waals surface area contributed by atoms with Crippen molar-refractivity contribution in [2.45, 2.75) is 20.3 Å². The smallest absolute Gasteiger partial charge is 0.130 e. The van der Waals surface area contributed by atoms with Crippen molar-refractivity contribution in [2.75, 3.05) is 5.32 Å². The van der Waals surface area contributed by atoms with Crippen LogP contribution >= 0.6 is 0 Å². The van der Waals surface area contributed by atoms with Crippen LogP contribution in [0.15, 0.2) is 42.7 Å². The molecular weight excluding hydrogens is 234 g/mol.